The first-order chi connectivity index (χ1) is 10.1. The molecule has 2 N–H and O–H groups in total. The van der Waals surface area contributed by atoms with E-state index in [4.69, 9.17) is 5.73 Å². The van der Waals surface area contributed by atoms with Gasteiger partial charge in [-0.1, -0.05) is 40.5 Å². The molecule has 0 spiro atoms. The van der Waals surface area contributed by atoms with Crippen LogP contribution in [0.3, 0.4) is 0 Å². The summed E-state index contributed by atoms with van der Waals surface area (Å²) in [6.45, 7) is 1.36. The molecule has 3 nitrogen and oxygen atoms in total. The van der Waals surface area contributed by atoms with Crippen molar-refractivity contribution in [1.29, 1.82) is 0 Å². The van der Waals surface area contributed by atoms with E-state index in [0.717, 1.165) is 30.2 Å². The number of carbonyl (C=O) groups excluding carboxylic acids is 1. The molecule has 0 aromatic heterocycles. The molecule has 3 rings (SSSR count). The summed E-state index contributed by atoms with van der Waals surface area (Å²) in [4.78, 5) is 14.8. The first-order valence-corrected chi connectivity index (χ1v) is 8.66. The van der Waals surface area contributed by atoms with Crippen LogP contribution in [0.25, 0.3) is 0 Å². The highest BCUT2D eigenvalue weighted by Gasteiger charge is 2.41. The van der Waals surface area contributed by atoms with Crippen molar-refractivity contribution in [2.75, 3.05) is 6.54 Å². The normalized spacial score (nSPS) is 19.9. The fraction of sp³-hybridized carbons (Fsp3) is 0.588. The molecule has 2 aliphatic carbocycles. The zero-order chi connectivity index (χ0) is 14.9. The van der Waals surface area contributed by atoms with Gasteiger partial charge in [0.1, 0.15) is 0 Å². The minimum absolute atomic E-state index is 0.0954. The van der Waals surface area contributed by atoms with Crippen molar-refractivity contribution >= 4 is 21.8 Å². The second-order valence-corrected chi connectivity index (χ2v) is 7.43. The van der Waals surface area contributed by atoms with Crippen molar-refractivity contribution in [3.8, 4) is 0 Å². The number of hydrogen-bond acceptors (Lipinski definition) is 2. The van der Waals surface area contributed by atoms with Gasteiger partial charge in [0.2, 0.25) is 5.91 Å². The van der Waals surface area contributed by atoms with Crippen LogP contribution in [0.5, 0.6) is 0 Å². The third kappa shape index (κ3) is 3.32. The molecule has 1 amide bonds. The minimum Gasteiger partial charge on any atom is -0.335 e. The van der Waals surface area contributed by atoms with Crippen molar-refractivity contribution in [2.24, 2.45) is 11.1 Å². The lowest BCUT2D eigenvalue weighted by Crippen LogP contribution is -2.43. The maximum atomic E-state index is 12.8. The van der Waals surface area contributed by atoms with Gasteiger partial charge in [0.05, 0.1) is 0 Å². The van der Waals surface area contributed by atoms with E-state index in [0.29, 0.717) is 31.5 Å². The highest BCUT2D eigenvalue weighted by atomic mass is 79.9. The first-order valence-electron chi connectivity index (χ1n) is 7.86. The maximum absolute atomic E-state index is 12.8. The number of nitrogens with zero attached hydrogens (tertiary/aromatic N) is 1. The van der Waals surface area contributed by atoms with Crippen LogP contribution in [-0.4, -0.2) is 23.4 Å². The molecule has 4 heteroatoms. The fourth-order valence-electron chi connectivity index (χ4n) is 3.17. The van der Waals surface area contributed by atoms with Gasteiger partial charge in [0.25, 0.3) is 0 Å². The Kier molecular flexibility index (Phi) is 4.36. The van der Waals surface area contributed by atoms with Crippen LogP contribution < -0.4 is 5.73 Å². The van der Waals surface area contributed by atoms with E-state index in [1.54, 1.807) is 0 Å². The number of carbonyl (C=O) groups is 1. The highest BCUT2D eigenvalue weighted by Crippen LogP contribution is 2.44. The Morgan fingerprint density at radius 2 is 2.05 bits per heavy atom. The van der Waals surface area contributed by atoms with Crippen molar-refractivity contribution in [3.63, 3.8) is 0 Å². The lowest BCUT2D eigenvalue weighted by atomic mass is 9.66. The molecule has 2 aliphatic rings. The molecule has 1 aromatic carbocycles. The Morgan fingerprint density at radius 1 is 1.33 bits per heavy atom. The average molecular weight is 351 g/mol. The second kappa shape index (κ2) is 6.09. The van der Waals surface area contributed by atoms with Crippen LogP contribution in [0, 0.1) is 5.41 Å². The third-order valence-electron chi connectivity index (χ3n) is 4.98. The van der Waals surface area contributed by atoms with Gasteiger partial charge in [-0.25, -0.2) is 0 Å². The minimum atomic E-state index is 0.0954. The van der Waals surface area contributed by atoms with Gasteiger partial charge in [0.15, 0.2) is 0 Å². The number of rotatable bonds is 6. The Morgan fingerprint density at radius 3 is 2.57 bits per heavy atom. The monoisotopic (exact) mass is 350 g/mol. The lowest BCUT2D eigenvalue weighted by Gasteiger charge is -2.41. The van der Waals surface area contributed by atoms with Gasteiger partial charge < -0.3 is 10.6 Å². The van der Waals surface area contributed by atoms with Gasteiger partial charge in [-0.05, 0) is 49.3 Å². The molecule has 21 heavy (non-hydrogen) atoms. The van der Waals surface area contributed by atoms with E-state index in [9.17, 15) is 4.79 Å². The van der Waals surface area contributed by atoms with E-state index < -0.39 is 0 Å². The van der Waals surface area contributed by atoms with Gasteiger partial charge in [0, 0.05) is 23.5 Å². The summed E-state index contributed by atoms with van der Waals surface area (Å²) >= 11 is 3.59. The molecule has 0 heterocycles. The smallest absolute Gasteiger partial charge is 0.223 e. The van der Waals surface area contributed by atoms with Crippen LogP contribution in [0.4, 0.5) is 0 Å². The Labute approximate surface area is 135 Å². The molecule has 0 atom stereocenters. The highest BCUT2D eigenvalue weighted by molar-refractivity contribution is 9.10. The van der Waals surface area contributed by atoms with Crippen LogP contribution >= 0.6 is 15.9 Å². The topological polar surface area (TPSA) is 46.3 Å². The zero-order valence-corrected chi connectivity index (χ0v) is 13.9. The molecule has 2 saturated carbocycles. The fourth-order valence-corrected chi connectivity index (χ4v) is 3.58. The summed E-state index contributed by atoms with van der Waals surface area (Å²) < 4.78 is 1.08. The standard InChI is InChI=1S/C17H23BrN2O/c18-15-5-2-1-4-13(15)11-20(14-6-7-14)16(21)10-17(12-19)8-3-9-17/h1-2,4-5,14H,3,6-12,19H2. The third-order valence-corrected chi connectivity index (χ3v) is 5.75. The Hall–Kier alpha value is -0.870. The van der Waals surface area contributed by atoms with Crippen molar-refractivity contribution in [3.05, 3.63) is 34.3 Å². The average Bonchev–Trinajstić information content (AvgIpc) is 3.26. The van der Waals surface area contributed by atoms with E-state index >= 15 is 0 Å². The number of benzene rings is 1. The Bertz CT molecular complexity index is 518. The van der Waals surface area contributed by atoms with Crippen LogP contribution in [0.2, 0.25) is 0 Å². The first kappa shape index (κ1) is 15.0. The SMILES string of the molecule is NCC1(CC(=O)N(Cc2ccccc2Br)C2CC2)CCC1. The van der Waals surface area contributed by atoms with Gasteiger partial charge in [-0.15, -0.1) is 0 Å². The summed E-state index contributed by atoms with van der Waals surface area (Å²) in [5.41, 5.74) is 7.19. The van der Waals surface area contributed by atoms with Gasteiger partial charge >= 0.3 is 0 Å². The van der Waals surface area contributed by atoms with Crippen LogP contribution in [0.15, 0.2) is 28.7 Å². The van der Waals surface area contributed by atoms with E-state index in [2.05, 4.69) is 26.9 Å². The zero-order valence-electron chi connectivity index (χ0n) is 12.4. The summed E-state index contributed by atoms with van der Waals surface area (Å²) in [6.07, 6.45) is 6.37. The van der Waals surface area contributed by atoms with E-state index in [1.165, 1.54) is 12.0 Å². The maximum Gasteiger partial charge on any atom is 0.223 e. The van der Waals surface area contributed by atoms with Crippen molar-refractivity contribution in [2.45, 2.75) is 51.1 Å². The summed E-state index contributed by atoms with van der Waals surface area (Å²) in [7, 11) is 0. The molecule has 2 fully saturated rings. The number of nitrogens with two attached hydrogens (primary N) is 1. The summed E-state index contributed by atoms with van der Waals surface area (Å²) in [6, 6.07) is 8.62. The van der Waals surface area contributed by atoms with Gasteiger partial charge in [-0.2, -0.15) is 0 Å². The predicted molar refractivity (Wildman–Crippen MR) is 87.7 cm³/mol. The molecule has 0 aliphatic heterocycles. The van der Waals surface area contributed by atoms with Crippen molar-refractivity contribution < 1.29 is 4.79 Å². The lowest BCUT2D eigenvalue weighted by molar-refractivity contribution is -0.136. The number of amides is 1. The van der Waals surface area contributed by atoms with E-state index in [-0.39, 0.29) is 5.41 Å². The largest absolute Gasteiger partial charge is 0.335 e. The molecule has 114 valence electrons. The molecule has 1 aromatic rings. The molecule has 0 radical (unpaired) electrons. The Balaban J connectivity index is 1.70. The molecule has 0 bridgehead atoms. The predicted octanol–water partition coefficient (Wildman–Crippen LogP) is 3.46. The summed E-state index contributed by atoms with van der Waals surface area (Å²) in [5, 5.41) is 0. The van der Waals surface area contributed by atoms with Crippen LogP contribution in [-0.2, 0) is 11.3 Å². The number of hydrogen-bond donors (Lipinski definition) is 1. The molecule has 0 saturated heterocycles. The number of halogens is 1. The van der Waals surface area contributed by atoms with Crippen molar-refractivity contribution in [1.82, 2.24) is 4.90 Å². The van der Waals surface area contributed by atoms with Crippen LogP contribution in [0.1, 0.15) is 44.1 Å². The second-order valence-electron chi connectivity index (χ2n) is 6.58. The quantitative estimate of drug-likeness (QED) is 0.853. The van der Waals surface area contributed by atoms with E-state index in [1.807, 2.05) is 18.2 Å². The summed E-state index contributed by atoms with van der Waals surface area (Å²) in [5.74, 6) is 0.290. The molecule has 0 unspecified atom stereocenters. The van der Waals surface area contributed by atoms with Gasteiger partial charge in [-0.3, -0.25) is 4.79 Å². The molecular formula is C17H23BrN2O. The molecular weight excluding hydrogens is 328 g/mol.